The first-order valence-corrected chi connectivity index (χ1v) is 3.27. The number of hydrogen-bond acceptors (Lipinski definition) is 2. The van der Waals surface area contributed by atoms with Gasteiger partial charge in [0, 0.05) is 12.7 Å². The van der Waals surface area contributed by atoms with Gasteiger partial charge in [-0.05, 0) is 13.8 Å². The van der Waals surface area contributed by atoms with Crippen LogP contribution in [0.2, 0.25) is 0 Å². The number of rotatable bonds is 2. The Balaban J connectivity index is 3.03. The second kappa shape index (κ2) is 2.64. The maximum absolute atomic E-state index is 10.2. The molecule has 3 heteroatoms. The van der Waals surface area contributed by atoms with Crippen molar-refractivity contribution >= 4 is 6.29 Å². The van der Waals surface area contributed by atoms with E-state index < -0.39 is 0 Å². The number of hydrogen-bond donors (Lipinski definition) is 0. The van der Waals surface area contributed by atoms with E-state index in [9.17, 15) is 4.79 Å². The SMILES string of the molecule is CCn1cc(C=O)nc1C. The molecule has 1 heterocycles. The summed E-state index contributed by atoms with van der Waals surface area (Å²) in [6.45, 7) is 4.77. The van der Waals surface area contributed by atoms with Crippen molar-refractivity contribution in [2.24, 2.45) is 0 Å². The topological polar surface area (TPSA) is 34.9 Å². The van der Waals surface area contributed by atoms with Crippen molar-refractivity contribution in [3.8, 4) is 0 Å². The van der Waals surface area contributed by atoms with Crippen molar-refractivity contribution in [3.05, 3.63) is 17.7 Å². The number of imidazole rings is 1. The van der Waals surface area contributed by atoms with Crippen LogP contribution in [0.4, 0.5) is 0 Å². The van der Waals surface area contributed by atoms with Gasteiger partial charge in [0.1, 0.15) is 11.5 Å². The molecule has 0 saturated heterocycles. The van der Waals surface area contributed by atoms with Crippen LogP contribution in [0.3, 0.4) is 0 Å². The summed E-state index contributed by atoms with van der Waals surface area (Å²) < 4.78 is 1.93. The molecule has 0 radical (unpaired) electrons. The molecular weight excluding hydrogens is 128 g/mol. The fourth-order valence-electron chi connectivity index (χ4n) is 0.910. The summed E-state index contributed by atoms with van der Waals surface area (Å²) in [6, 6.07) is 0. The Kier molecular flexibility index (Phi) is 1.85. The molecule has 0 spiro atoms. The van der Waals surface area contributed by atoms with Crippen LogP contribution in [-0.2, 0) is 6.54 Å². The Hall–Kier alpha value is -1.12. The number of carbonyl (C=O) groups excluding carboxylic acids is 1. The van der Waals surface area contributed by atoms with E-state index in [0.717, 1.165) is 18.7 Å². The van der Waals surface area contributed by atoms with Gasteiger partial charge in [0.2, 0.25) is 0 Å². The molecule has 54 valence electrons. The molecule has 1 rings (SSSR count). The van der Waals surface area contributed by atoms with Crippen LogP contribution in [0, 0.1) is 6.92 Å². The summed E-state index contributed by atoms with van der Waals surface area (Å²) in [4.78, 5) is 14.2. The molecule has 0 unspecified atom stereocenters. The Morgan fingerprint density at radius 2 is 2.50 bits per heavy atom. The van der Waals surface area contributed by atoms with Crippen molar-refractivity contribution < 1.29 is 4.79 Å². The molecule has 0 aliphatic heterocycles. The Labute approximate surface area is 59.7 Å². The summed E-state index contributed by atoms with van der Waals surface area (Å²) in [6.07, 6.45) is 2.52. The highest BCUT2D eigenvalue weighted by molar-refractivity contribution is 5.71. The minimum atomic E-state index is 0.513. The van der Waals surface area contributed by atoms with Gasteiger partial charge in [0.15, 0.2) is 6.29 Å². The number of aldehydes is 1. The van der Waals surface area contributed by atoms with E-state index in [1.165, 1.54) is 0 Å². The van der Waals surface area contributed by atoms with Crippen molar-refractivity contribution in [1.82, 2.24) is 9.55 Å². The molecule has 1 aromatic rings. The number of aryl methyl sites for hydroxylation is 2. The van der Waals surface area contributed by atoms with Gasteiger partial charge in [-0.1, -0.05) is 0 Å². The van der Waals surface area contributed by atoms with Crippen LogP contribution in [0.15, 0.2) is 6.20 Å². The molecule has 10 heavy (non-hydrogen) atoms. The summed E-state index contributed by atoms with van der Waals surface area (Å²) in [5.74, 6) is 0.893. The van der Waals surface area contributed by atoms with Crippen LogP contribution >= 0.6 is 0 Å². The van der Waals surface area contributed by atoms with Gasteiger partial charge in [0.05, 0.1) is 0 Å². The second-order valence-electron chi connectivity index (χ2n) is 2.12. The maximum atomic E-state index is 10.2. The highest BCUT2D eigenvalue weighted by Crippen LogP contribution is 1.98. The zero-order chi connectivity index (χ0) is 7.56. The summed E-state index contributed by atoms with van der Waals surface area (Å²) in [5.41, 5.74) is 0.513. The molecule has 0 bridgehead atoms. The molecule has 1 aromatic heterocycles. The van der Waals surface area contributed by atoms with E-state index in [0.29, 0.717) is 5.69 Å². The van der Waals surface area contributed by atoms with Crippen LogP contribution < -0.4 is 0 Å². The minimum absolute atomic E-state index is 0.513. The third-order valence-electron chi connectivity index (χ3n) is 1.46. The first kappa shape index (κ1) is 6.99. The molecular formula is C7H10N2O. The molecule has 0 aliphatic rings. The van der Waals surface area contributed by atoms with Crippen molar-refractivity contribution in [2.75, 3.05) is 0 Å². The summed E-state index contributed by atoms with van der Waals surface area (Å²) >= 11 is 0. The fraction of sp³-hybridized carbons (Fsp3) is 0.429. The van der Waals surface area contributed by atoms with E-state index in [1.54, 1.807) is 6.20 Å². The van der Waals surface area contributed by atoms with Gasteiger partial charge in [0.25, 0.3) is 0 Å². The molecule has 0 fully saturated rings. The number of aromatic nitrogens is 2. The second-order valence-corrected chi connectivity index (χ2v) is 2.12. The first-order chi connectivity index (χ1) is 4.77. The lowest BCUT2D eigenvalue weighted by Crippen LogP contribution is -1.93. The lowest BCUT2D eigenvalue weighted by molar-refractivity contribution is 0.111. The molecule has 0 aromatic carbocycles. The van der Waals surface area contributed by atoms with Gasteiger partial charge >= 0.3 is 0 Å². The monoisotopic (exact) mass is 138 g/mol. The molecule has 0 atom stereocenters. The molecule has 0 amide bonds. The molecule has 0 N–H and O–H groups in total. The highest BCUT2D eigenvalue weighted by atomic mass is 16.1. The van der Waals surface area contributed by atoms with Crippen LogP contribution in [0.5, 0.6) is 0 Å². The third kappa shape index (κ3) is 1.07. The molecule has 3 nitrogen and oxygen atoms in total. The van der Waals surface area contributed by atoms with E-state index >= 15 is 0 Å². The number of nitrogens with zero attached hydrogens (tertiary/aromatic N) is 2. The average Bonchev–Trinajstić information content (AvgIpc) is 2.30. The largest absolute Gasteiger partial charge is 0.335 e. The standard InChI is InChI=1S/C7H10N2O/c1-3-9-4-7(5-10)8-6(9)2/h4-5H,3H2,1-2H3. The van der Waals surface area contributed by atoms with Crippen molar-refractivity contribution in [2.45, 2.75) is 20.4 Å². The molecule has 0 saturated carbocycles. The van der Waals surface area contributed by atoms with Gasteiger partial charge in [-0.2, -0.15) is 0 Å². The van der Waals surface area contributed by atoms with Crippen LogP contribution in [-0.4, -0.2) is 15.8 Å². The normalized spacial score (nSPS) is 9.80. The third-order valence-corrected chi connectivity index (χ3v) is 1.46. The zero-order valence-electron chi connectivity index (χ0n) is 6.16. The quantitative estimate of drug-likeness (QED) is 0.572. The van der Waals surface area contributed by atoms with Gasteiger partial charge in [-0.3, -0.25) is 4.79 Å². The molecule has 0 aliphatic carbocycles. The summed E-state index contributed by atoms with van der Waals surface area (Å²) in [7, 11) is 0. The summed E-state index contributed by atoms with van der Waals surface area (Å²) in [5, 5.41) is 0. The smallest absolute Gasteiger partial charge is 0.170 e. The van der Waals surface area contributed by atoms with E-state index in [-0.39, 0.29) is 0 Å². The Morgan fingerprint density at radius 3 is 2.80 bits per heavy atom. The lowest BCUT2D eigenvalue weighted by atomic mass is 10.5. The minimum Gasteiger partial charge on any atom is -0.335 e. The predicted molar refractivity (Wildman–Crippen MR) is 38.0 cm³/mol. The van der Waals surface area contributed by atoms with Gasteiger partial charge in [-0.15, -0.1) is 0 Å². The fourth-order valence-corrected chi connectivity index (χ4v) is 0.910. The number of carbonyl (C=O) groups is 1. The first-order valence-electron chi connectivity index (χ1n) is 3.27. The average molecular weight is 138 g/mol. The van der Waals surface area contributed by atoms with Gasteiger partial charge in [-0.25, -0.2) is 4.98 Å². The van der Waals surface area contributed by atoms with E-state index in [2.05, 4.69) is 4.98 Å². The Bertz CT molecular complexity index is 240. The highest BCUT2D eigenvalue weighted by Gasteiger charge is 1.98. The predicted octanol–water partition coefficient (Wildman–Crippen LogP) is 1.02. The van der Waals surface area contributed by atoms with Gasteiger partial charge < -0.3 is 4.57 Å². The zero-order valence-corrected chi connectivity index (χ0v) is 6.16. The maximum Gasteiger partial charge on any atom is 0.170 e. The van der Waals surface area contributed by atoms with Crippen LogP contribution in [0.1, 0.15) is 23.2 Å². The van der Waals surface area contributed by atoms with E-state index in [1.807, 2.05) is 18.4 Å². The van der Waals surface area contributed by atoms with E-state index in [4.69, 9.17) is 0 Å². The van der Waals surface area contributed by atoms with Crippen molar-refractivity contribution in [3.63, 3.8) is 0 Å². The Morgan fingerprint density at radius 1 is 1.80 bits per heavy atom. The van der Waals surface area contributed by atoms with Crippen LogP contribution in [0.25, 0.3) is 0 Å². The lowest BCUT2D eigenvalue weighted by Gasteiger charge is -1.95. The van der Waals surface area contributed by atoms with Crippen molar-refractivity contribution in [1.29, 1.82) is 0 Å².